The van der Waals surface area contributed by atoms with Crippen molar-refractivity contribution in [2.24, 2.45) is 0 Å². The Labute approximate surface area is 100 Å². The monoisotopic (exact) mass is 236 g/mol. The highest BCUT2D eigenvalue weighted by atomic mass is 35.5. The maximum atomic E-state index is 10.5. The number of halogens is 1. The summed E-state index contributed by atoms with van der Waals surface area (Å²) in [6.45, 7) is 0. The molecule has 2 nitrogen and oxygen atoms in total. The predicted molar refractivity (Wildman–Crippen MR) is 67.2 cm³/mol. The Bertz CT molecular complexity index is 489. The van der Waals surface area contributed by atoms with Gasteiger partial charge in [0.15, 0.2) is 0 Å². The summed E-state index contributed by atoms with van der Waals surface area (Å²) in [6.07, 6.45) is 0.782. The number of aliphatic carboxylic acids is 1. The van der Waals surface area contributed by atoms with E-state index in [9.17, 15) is 4.79 Å². The van der Waals surface area contributed by atoms with Crippen molar-refractivity contribution in [2.75, 3.05) is 0 Å². The molecular weight excluding hydrogens is 224 g/mol. The lowest BCUT2D eigenvalue weighted by molar-refractivity contribution is -0.136. The first-order chi connectivity index (χ1) is 7.27. The van der Waals surface area contributed by atoms with Crippen molar-refractivity contribution in [3.63, 3.8) is 0 Å². The van der Waals surface area contributed by atoms with Gasteiger partial charge in [-0.15, -0.1) is 12.4 Å². The van der Waals surface area contributed by atoms with Gasteiger partial charge in [-0.05, 0) is 22.8 Å². The van der Waals surface area contributed by atoms with Crippen LogP contribution in [0.3, 0.4) is 0 Å². The number of carboxylic acids is 1. The lowest BCUT2D eigenvalue weighted by atomic mass is 10.0. The summed E-state index contributed by atoms with van der Waals surface area (Å²) >= 11 is 0. The highest BCUT2D eigenvalue weighted by molar-refractivity contribution is 5.86. The van der Waals surface area contributed by atoms with Crippen LogP contribution >= 0.6 is 12.4 Å². The maximum absolute atomic E-state index is 10.5. The summed E-state index contributed by atoms with van der Waals surface area (Å²) in [5.41, 5.74) is 1.11. The third kappa shape index (κ3) is 2.74. The first-order valence-electron chi connectivity index (χ1n) is 4.96. The Kier molecular flexibility index (Phi) is 4.32. The zero-order valence-electron chi connectivity index (χ0n) is 8.72. The second kappa shape index (κ2) is 5.52. The molecule has 2 rings (SSSR count). The molecule has 0 spiro atoms. The van der Waals surface area contributed by atoms with Gasteiger partial charge in [0.1, 0.15) is 0 Å². The Balaban J connectivity index is 0.00000128. The molecule has 0 aliphatic rings. The van der Waals surface area contributed by atoms with Gasteiger partial charge in [-0.2, -0.15) is 0 Å². The zero-order valence-corrected chi connectivity index (χ0v) is 9.54. The fraction of sp³-hybridized carbons (Fsp3) is 0.154. The van der Waals surface area contributed by atoms with E-state index in [1.165, 1.54) is 5.39 Å². The third-order valence-corrected chi connectivity index (χ3v) is 2.49. The van der Waals surface area contributed by atoms with Gasteiger partial charge in [-0.1, -0.05) is 42.5 Å². The van der Waals surface area contributed by atoms with E-state index < -0.39 is 5.97 Å². The van der Waals surface area contributed by atoms with Crippen molar-refractivity contribution in [3.05, 3.63) is 48.0 Å². The van der Waals surface area contributed by atoms with Crippen LogP contribution in [-0.4, -0.2) is 11.1 Å². The van der Waals surface area contributed by atoms with E-state index >= 15 is 0 Å². The van der Waals surface area contributed by atoms with Crippen LogP contribution < -0.4 is 0 Å². The van der Waals surface area contributed by atoms with E-state index in [0.717, 1.165) is 10.9 Å². The number of hydrogen-bond acceptors (Lipinski definition) is 1. The van der Waals surface area contributed by atoms with E-state index in [4.69, 9.17) is 5.11 Å². The first-order valence-corrected chi connectivity index (χ1v) is 4.96. The van der Waals surface area contributed by atoms with Gasteiger partial charge in [0, 0.05) is 6.42 Å². The summed E-state index contributed by atoms with van der Waals surface area (Å²) in [5, 5.41) is 11.0. The number of carboxylic acid groups (broad SMARTS) is 1. The van der Waals surface area contributed by atoms with Crippen molar-refractivity contribution >= 4 is 29.1 Å². The number of aryl methyl sites for hydroxylation is 1. The standard InChI is InChI=1S/C13H12O2.ClH/c14-13(15)9-8-11-6-3-5-10-4-1-2-7-12(10)11;/h1-7H,8-9H2,(H,14,15);1H. The minimum atomic E-state index is -0.747. The van der Waals surface area contributed by atoms with Crippen LogP contribution in [-0.2, 0) is 11.2 Å². The van der Waals surface area contributed by atoms with Crippen LogP contribution in [0, 0.1) is 0 Å². The fourth-order valence-corrected chi connectivity index (χ4v) is 1.75. The molecule has 0 atom stereocenters. The van der Waals surface area contributed by atoms with Crippen LogP contribution in [0.5, 0.6) is 0 Å². The second-order valence-corrected chi connectivity index (χ2v) is 3.53. The van der Waals surface area contributed by atoms with Crippen molar-refractivity contribution < 1.29 is 9.90 Å². The largest absolute Gasteiger partial charge is 0.481 e. The summed E-state index contributed by atoms with van der Waals surface area (Å²) in [6, 6.07) is 14.0. The van der Waals surface area contributed by atoms with E-state index in [1.54, 1.807) is 0 Å². The van der Waals surface area contributed by atoms with Crippen LogP contribution in [0.2, 0.25) is 0 Å². The van der Waals surface area contributed by atoms with Gasteiger partial charge >= 0.3 is 5.97 Å². The number of carbonyl (C=O) groups is 1. The lowest BCUT2D eigenvalue weighted by Crippen LogP contribution is -1.97. The predicted octanol–water partition coefficient (Wildman–Crippen LogP) is 3.28. The van der Waals surface area contributed by atoms with Crippen LogP contribution in [0.4, 0.5) is 0 Å². The maximum Gasteiger partial charge on any atom is 0.303 e. The normalized spacial score (nSPS) is 9.75. The molecule has 16 heavy (non-hydrogen) atoms. The summed E-state index contributed by atoms with van der Waals surface area (Å²) in [4.78, 5) is 10.5. The molecule has 0 aliphatic carbocycles. The highest BCUT2D eigenvalue weighted by Gasteiger charge is 2.02. The highest BCUT2D eigenvalue weighted by Crippen LogP contribution is 2.19. The molecule has 0 amide bonds. The molecule has 3 heteroatoms. The molecule has 0 heterocycles. The Morgan fingerprint density at radius 1 is 1.06 bits per heavy atom. The summed E-state index contributed by atoms with van der Waals surface area (Å²) < 4.78 is 0. The molecular formula is C13H13ClO2. The topological polar surface area (TPSA) is 37.3 Å². The average Bonchev–Trinajstić information content (AvgIpc) is 2.26. The lowest BCUT2D eigenvalue weighted by Gasteiger charge is -2.04. The molecule has 0 unspecified atom stereocenters. The molecule has 0 aliphatic heterocycles. The molecule has 0 radical (unpaired) electrons. The van der Waals surface area contributed by atoms with Gasteiger partial charge in [-0.3, -0.25) is 4.79 Å². The van der Waals surface area contributed by atoms with Gasteiger partial charge in [0.05, 0.1) is 0 Å². The molecule has 2 aromatic rings. The molecule has 0 aromatic heterocycles. The van der Waals surface area contributed by atoms with Gasteiger partial charge in [-0.25, -0.2) is 0 Å². The van der Waals surface area contributed by atoms with E-state index in [2.05, 4.69) is 0 Å². The molecule has 2 aromatic carbocycles. The molecule has 1 N–H and O–H groups in total. The van der Waals surface area contributed by atoms with E-state index in [1.807, 2.05) is 42.5 Å². The van der Waals surface area contributed by atoms with Gasteiger partial charge in [0.25, 0.3) is 0 Å². The van der Waals surface area contributed by atoms with E-state index in [-0.39, 0.29) is 18.8 Å². The van der Waals surface area contributed by atoms with Crippen molar-refractivity contribution in [3.8, 4) is 0 Å². The van der Waals surface area contributed by atoms with Crippen LogP contribution in [0.1, 0.15) is 12.0 Å². The Morgan fingerprint density at radius 3 is 2.50 bits per heavy atom. The number of benzene rings is 2. The van der Waals surface area contributed by atoms with Crippen LogP contribution in [0.15, 0.2) is 42.5 Å². The SMILES string of the molecule is Cl.O=C(O)CCc1cccc2ccccc12. The molecule has 0 bridgehead atoms. The second-order valence-electron chi connectivity index (χ2n) is 3.53. The number of hydrogen-bond donors (Lipinski definition) is 1. The number of fused-ring (bicyclic) bond motifs is 1. The third-order valence-electron chi connectivity index (χ3n) is 2.49. The van der Waals surface area contributed by atoms with Gasteiger partial charge in [0.2, 0.25) is 0 Å². The minimum absolute atomic E-state index is 0. The van der Waals surface area contributed by atoms with Crippen molar-refractivity contribution in [2.45, 2.75) is 12.8 Å². The fourth-order valence-electron chi connectivity index (χ4n) is 1.75. The molecule has 84 valence electrons. The first kappa shape index (κ1) is 12.5. The molecule has 0 fully saturated rings. The molecule has 0 saturated heterocycles. The van der Waals surface area contributed by atoms with E-state index in [0.29, 0.717) is 6.42 Å². The quantitative estimate of drug-likeness (QED) is 0.888. The summed E-state index contributed by atoms with van der Waals surface area (Å²) in [7, 11) is 0. The van der Waals surface area contributed by atoms with Crippen molar-refractivity contribution in [1.29, 1.82) is 0 Å². The summed E-state index contributed by atoms with van der Waals surface area (Å²) in [5.74, 6) is -0.747. The number of rotatable bonds is 3. The van der Waals surface area contributed by atoms with Crippen LogP contribution in [0.25, 0.3) is 10.8 Å². The Morgan fingerprint density at radius 2 is 1.75 bits per heavy atom. The zero-order chi connectivity index (χ0) is 10.7. The average molecular weight is 237 g/mol. The minimum Gasteiger partial charge on any atom is -0.481 e. The van der Waals surface area contributed by atoms with Crippen molar-refractivity contribution in [1.82, 2.24) is 0 Å². The Hall–Kier alpha value is -1.54. The molecule has 0 saturated carbocycles. The van der Waals surface area contributed by atoms with Gasteiger partial charge < -0.3 is 5.11 Å². The smallest absolute Gasteiger partial charge is 0.303 e.